The van der Waals surface area contributed by atoms with Crippen LogP contribution in [-0.4, -0.2) is 49.1 Å². The second-order valence-corrected chi connectivity index (χ2v) is 4.83. The maximum absolute atomic E-state index is 11.5. The van der Waals surface area contributed by atoms with E-state index in [0.717, 1.165) is 25.7 Å². The quantitative estimate of drug-likeness (QED) is 0.540. The first-order chi connectivity index (χ1) is 9.58. The number of carbonyl (C=O) groups is 2. The Bertz CT molecular complexity index is 309. The molecule has 1 unspecified atom stereocenters. The smallest absolute Gasteiger partial charge is 0.322 e. The molecule has 1 aliphatic rings. The number of carbonyl (C=O) groups excluding carboxylic acids is 1. The van der Waals surface area contributed by atoms with Gasteiger partial charge >= 0.3 is 11.9 Å². The molecular weight excluding hydrogens is 264 g/mol. The summed E-state index contributed by atoms with van der Waals surface area (Å²) in [5, 5.41) is 9.01. The summed E-state index contributed by atoms with van der Waals surface area (Å²) in [6.45, 7) is 4.37. The minimum atomic E-state index is -1.24. The highest BCUT2D eigenvalue weighted by molar-refractivity contribution is 5.94. The number of hydrogen-bond donors (Lipinski definition) is 1. The summed E-state index contributed by atoms with van der Waals surface area (Å²) >= 11 is 0. The fourth-order valence-electron chi connectivity index (χ4n) is 2.32. The van der Waals surface area contributed by atoms with Crippen LogP contribution in [0.25, 0.3) is 0 Å². The molecule has 0 aromatic carbocycles. The van der Waals surface area contributed by atoms with Crippen molar-refractivity contribution in [2.45, 2.75) is 51.7 Å². The Labute approximate surface area is 119 Å². The average Bonchev–Trinajstić information content (AvgIpc) is 2.41. The van der Waals surface area contributed by atoms with E-state index in [4.69, 9.17) is 19.3 Å². The van der Waals surface area contributed by atoms with Crippen LogP contribution in [0.1, 0.15) is 39.5 Å². The Morgan fingerprint density at radius 3 is 2.05 bits per heavy atom. The van der Waals surface area contributed by atoms with E-state index in [-0.39, 0.29) is 25.4 Å². The fourth-order valence-corrected chi connectivity index (χ4v) is 2.32. The van der Waals surface area contributed by atoms with Gasteiger partial charge in [-0.1, -0.05) is 0 Å². The second-order valence-electron chi connectivity index (χ2n) is 4.83. The molecule has 0 aromatic heterocycles. The maximum atomic E-state index is 11.5. The molecule has 0 radical (unpaired) electrons. The van der Waals surface area contributed by atoms with Crippen molar-refractivity contribution in [2.75, 3.05) is 19.8 Å². The van der Waals surface area contributed by atoms with E-state index in [1.807, 2.05) is 6.92 Å². The summed E-state index contributed by atoms with van der Waals surface area (Å²) in [7, 11) is 0. The van der Waals surface area contributed by atoms with Crippen LogP contribution in [-0.2, 0) is 23.8 Å². The maximum Gasteiger partial charge on any atom is 0.322 e. The molecule has 0 aliphatic heterocycles. The summed E-state index contributed by atoms with van der Waals surface area (Å²) in [5.41, 5.74) is 0. The van der Waals surface area contributed by atoms with Gasteiger partial charge in [0.1, 0.15) is 0 Å². The number of rotatable bonds is 8. The van der Waals surface area contributed by atoms with Crippen molar-refractivity contribution in [3.63, 3.8) is 0 Å². The highest BCUT2D eigenvalue weighted by Crippen LogP contribution is 2.24. The second kappa shape index (κ2) is 8.92. The molecule has 0 aromatic rings. The monoisotopic (exact) mass is 288 g/mol. The number of carboxylic acid groups (broad SMARTS) is 1. The predicted octanol–water partition coefficient (Wildman–Crippen LogP) is 1.61. The third kappa shape index (κ3) is 5.46. The van der Waals surface area contributed by atoms with Gasteiger partial charge in [-0.25, -0.2) is 0 Å². The van der Waals surface area contributed by atoms with Gasteiger partial charge in [0, 0.05) is 6.61 Å². The first kappa shape index (κ1) is 16.9. The van der Waals surface area contributed by atoms with Crippen molar-refractivity contribution in [1.82, 2.24) is 0 Å². The van der Waals surface area contributed by atoms with Crippen LogP contribution >= 0.6 is 0 Å². The van der Waals surface area contributed by atoms with Crippen LogP contribution in [0.2, 0.25) is 0 Å². The van der Waals surface area contributed by atoms with Gasteiger partial charge in [0.25, 0.3) is 0 Å². The van der Waals surface area contributed by atoms with E-state index in [9.17, 15) is 9.59 Å². The Balaban J connectivity index is 2.34. The molecular formula is C14H24O6. The zero-order chi connectivity index (χ0) is 15.0. The molecule has 116 valence electrons. The first-order valence-electron chi connectivity index (χ1n) is 7.21. The van der Waals surface area contributed by atoms with E-state index in [0.29, 0.717) is 6.61 Å². The number of hydrogen-bond acceptors (Lipinski definition) is 5. The molecule has 1 atom stereocenters. The summed E-state index contributed by atoms with van der Waals surface area (Å²) in [5.74, 6) is -3.17. The zero-order valence-electron chi connectivity index (χ0n) is 12.2. The lowest BCUT2D eigenvalue weighted by Gasteiger charge is -2.28. The number of aliphatic carboxylic acids is 1. The molecule has 6 heteroatoms. The van der Waals surface area contributed by atoms with Gasteiger partial charge in [-0.15, -0.1) is 0 Å². The molecule has 0 bridgehead atoms. The topological polar surface area (TPSA) is 82.1 Å². The van der Waals surface area contributed by atoms with Crippen molar-refractivity contribution < 1.29 is 28.9 Å². The Kier molecular flexibility index (Phi) is 7.54. The molecule has 0 heterocycles. The Morgan fingerprint density at radius 1 is 1.05 bits per heavy atom. The molecule has 20 heavy (non-hydrogen) atoms. The molecule has 0 amide bonds. The lowest BCUT2D eigenvalue weighted by Crippen LogP contribution is -2.34. The van der Waals surface area contributed by atoms with Crippen LogP contribution in [0, 0.1) is 5.92 Å². The van der Waals surface area contributed by atoms with Crippen LogP contribution in [0.5, 0.6) is 0 Å². The average molecular weight is 288 g/mol. The minimum Gasteiger partial charge on any atom is -0.481 e. The van der Waals surface area contributed by atoms with Crippen molar-refractivity contribution in [3.8, 4) is 0 Å². The van der Waals surface area contributed by atoms with Gasteiger partial charge in [0.15, 0.2) is 5.92 Å². The predicted molar refractivity (Wildman–Crippen MR) is 71.4 cm³/mol. The van der Waals surface area contributed by atoms with Gasteiger partial charge in [0.2, 0.25) is 0 Å². The number of carboxylic acids is 1. The summed E-state index contributed by atoms with van der Waals surface area (Å²) < 4.78 is 15.8. The summed E-state index contributed by atoms with van der Waals surface area (Å²) in [6.07, 6.45) is 3.77. The third-order valence-corrected chi connectivity index (χ3v) is 3.39. The van der Waals surface area contributed by atoms with Gasteiger partial charge < -0.3 is 19.3 Å². The molecule has 0 saturated heterocycles. The summed E-state index contributed by atoms with van der Waals surface area (Å²) in [4.78, 5) is 22.5. The number of ether oxygens (including phenoxy) is 3. The third-order valence-electron chi connectivity index (χ3n) is 3.39. The van der Waals surface area contributed by atoms with E-state index >= 15 is 0 Å². The molecule has 1 aliphatic carbocycles. The molecule has 1 N–H and O–H groups in total. The SMILES string of the molecule is CCOC(=O)C(COC1CCC(OCC)CC1)C(=O)O. The molecule has 1 fully saturated rings. The molecule has 0 spiro atoms. The van der Waals surface area contributed by atoms with E-state index < -0.39 is 17.9 Å². The lowest BCUT2D eigenvalue weighted by atomic mass is 9.95. The van der Waals surface area contributed by atoms with Gasteiger partial charge in [0.05, 0.1) is 25.4 Å². The first-order valence-corrected chi connectivity index (χ1v) is 7.21. The van der Waals surface area contributed by atoms with Gasteiger partial charge in [-0.05, 0) is 39.5 Å². The minimum absolute atomic E-state index is 0.00276. The van der Waals surface area contributed by atoms with Crippen LogP contribution in [0.15, 0.2) is 0 Å². The Morgan fingerprint density at radius 2 is 1.60 bits per heavy atom. The fraction of sp³-hybridized carbons (Fsp3) is 0.857. The molecule has 1 rings (SSSR count). The van der Waals surface area contributed by atoms with Crippen LogP contribution in [0.3, 0.4) is 0 Å². The largest absolute Gasteiger partial charge is 0.481 e. The van der Waals surface area contributed by atoms with E-state index in [1.165, 1.54) is 0 Å². The van der Waals surface area contributed by atoms with Crippen LogP contribution in [0.4, 0.5) is 0 Å². The van der Waals surface area contributed by atoms with Gasteiger partial charge in [-0.3, -0.25) is 9.59 Å². The highest BCUT2D eigenvalue weighted by atomic mass is 16.5. The standard InChI is InChI=1S/C14H24O6/c1-3-18-10-5-7-11(8-6-10)20-9-12(13(15)16)14(17)19-4-2/h10-12H,3-9H2,1-2H3,(H,15,16). The van der Waals surface area contributed by atoms with Crippen molar-refractivity contribution >= 4 is 11.9 Å². The van der Waals surface area contributed by atoms with Crippen molar-refractivity contribution in [1.29, 1.82) is 0 Å². The van der Waals surface area contributed by atoms with Crippen molar-refractivity contribution in [2.24, 2.45) is 5.92 Å². The molecule has 6 nitrogen and oxygen atoms in total. The van der Waals surface area contributed by atoms with Gasteiger partial charge in [-0.2, -0.15) is 0 Å². The van der Waals surface area contributed by atoms with Crippen LogP contribution < -0.4 is 0 Å². The molecule has 1 saturated carbocycles. The normalized spacial score (nSPS) is 24.1. The number of esters is 1. The highest BCUT2D eigenvalue weighted by Gasteiger charge is 2.30. The zero-order valence-corrected chi connectivity index (χ0v) is 12.2. The van der Waals surface area contributed by atoms with Crippen molar-refractivity contribution in [3.05, 3.63) is 0 Å². The lowest BCUT2D eigenvalue weighted by molar-refractivity contribution is -0.162. The Hall–Kier alpha value is -1.14. The van der Waals surface area contributed by atoms with E-state index in [2.05, 4.69) is 0 Å². The summed E-state index contributed by atoms with van der Waals surface area (Å²) in [6, 6.07) is 0. The van der Waals surface area contributed by atoms with E-state index in [1.54, 1.807) is 6.92 Å².